The summed E-state index contributed by atoms with van der Waals surface area (Å²) in [5, 5.41) is 14.9. The number of halogens is 3. The number of hydrogen-bond acceptors (Lipinski definition) is 3. The number of benzene rings is 1. The van der Waals surface area contributed by atoms with Crippen molar-refractivity contribution >= 4 is 5.84 Å². The van der Waals surface area contributed by atoms with E-state index in [9.17, 15) is 13.2 Å². The van der Waals surface area contributed by atoms with Crippen LogP contribution in [0.2, 0.25) is 0 Å². The van der Waals surface area contributed by atoms with E-state index in [1.165, 1.54) is 12.1 Å². The molecule has 5 nitrogen and oxygen atoms in total. The second-order valence-electron chi connectivity index (χ2n) is 3.65. The van der Waals surface area contributed by atoms with Crippen LogP contribution in [0.1, 0.15) is 11.3 Å². The van der Waals surface area contributed by atoms with Gasteiger partial charge in [0.2, 0.25) is 0 Å². The van der Waals surface area contributed by atoms with Gasteiger partial charge in [-0.25, -0.2) is 4.68 Å². The molecule has 1 heterocycles. The maximum Gasteiger partial charge on any atom is 0.435 e. The minimum Gasteiger partial charge on any atom is -0.409 e. The molecule has 0 aliphatic carbocycles. The van der Waals surface area contributed by atoms with E-state index in [-0.39, 0.29) is 17.1 Å². The molecule has 0 bridgehead atoms. The van der Waals surface area contributed by atoms with E-state index >= 15 is 0 Å². The van der Waals surface area contributed by atoms with Crippen LogP contribution >= 0.6 is 0 Å². The normalized spacial score (nSPS) is 12.7. The van der Waals surface area contributed by atoms with E-state index in [1.54, 1.807) is 12.1 Å². The van der Waals surface area contributed by atoms with Gasteiger partial charge in [-0.1, -0.05) is 17.3 Å². The lowest BCUT2D eigenvalue weighted by molar-refractivity contribution is -0.141. The summed E-state index contributed by atoms with van der Waals surface area (Å²) in [4.78, 5) is 0. The molecule has 0 amide bonds. The highest BCUT2D eigenvalue weighted by Crippen LogP contribution is 2.28. The van der Waals surface area contributed by atoms with Crippen LogP contribution in [0.3, 0.4) is 0 Å². The van der Waals surface area contributed by atoms with Gasteiger partial charge in [-0.15, -0.1) is 0 Å². The Hall–Kier alpha value is -2.51. The molecule has 0 radical (unpaired) electrons. The first-order valence-corrected chi connectivity index (χ1v) is 5.13. The highest BCUT2D eigenvalue weighted by molar-refractivity contribution is 6.00. The first kappa shape index (κ1) is 12.9. The van der Waals surface area contributed by atoms with E-state index in [4.69, 9.17) is 10.9 Å². The molecule has 0 fully saturated rings. The summed E-state index contributed by atoms with van der Waals surface area (Å²) in [5.74, 6) is -0.209. The van der Waals surface area contributed by atoms with Gasteiger partial charge in [-0.2, -0.15) is 18.3 Å². The minimum absolute atomic E-state index is 0.209. The van der Waals surface area contributed by atoms with Gasteiger partial charge < -0.3 is 10.9 Å². The molecule has 0 saturated heterocycles. The van der Waals surface area contributed by atoms with E-state index < -0.39 is 11.9 Å². The van der Waals surface area contributed by atoms with Crippen LogP contribution < -0.4 is 5.73 Å². The molecule has 8 heteroatoms. The Labute approximate surface area is 105 Å². The predicted molar refractivity (Wildman–Crippen MR) is 61.1 cm³/mol. The summed E-state index contributed by atoms with van der Waals surface area (Å²) in [6.45, 7) is 0. The summed E-state index contributed by atoms with van der Waals surface area (Å²) in [7, 11) is 0. The molecule has 0 aliphatic heterocycles. The first-order chi connectivity index (χ1) is 8.93. The minimum atomic E-state index is -4.52. The topological polar surface area (TPSA) is 76.4 Å². The second-order valence-corrected chi connectivity index (χ2v) is 3.65. The Bertz CT molecular complexity index is 618. The van der Waals surface area contributed by atoms with Crippen molar-refractivity contribution in [2.45, 2.75) is 6.18 Å². The Balaban J connectivity index is 2.51. The Morgan fingerprint density at radius 2 is 1.95 bits per heavy atom. The highest BCUT2D eigenvalue weighted by atomic mass is 19.4. The lowest BCUT2D eigenvalue weighted by Crippen LogP contribution is -2.16. The SMILES string of the molecule is NC(=NO)c1ccccc1-n1ccc(C(F)(F)F)n1. The molecule has 0 unspecified atom stereocenters. The van der Waals surface area contributed by atoms with Gasteiger partial charge in [0.25, 0.3) is 0 Å². The summed E-state index contributed by atoms with van der Waals surface area (Å²) < 4.78 is 38.5. The summed E-state index contributed by atoms with van der Waals surface area (Å²) in [5.41, 5.74) is 5.01. The number of nitrogens with zero attached hydrogens (tertiary/aromatic N) is 3. The van der Waals surface area contributed by atoms with Crippen molar-refractivity contribution in [3.8, 4) is 5.69 Å². The van der Waals surface area contributed by atoms with Gasteiger partial charge in [-0.05, 0) is 18.2 Å². The lowest BCUT2D eigenvalue weighted by atomic mass is 10.1. The number of rotatable bonds is 2. The summed E-state index contributed by atoms with van der Waals surface area (Å²) >= 11 is 0. The molecule has 1 aromatic carbocycles. The van der Waals surface area contributed by atoms with E-state index in [0.29, 0.717) is 0 Å². The fraction of sp³-hybridized carbons (Fsp3) is 0.0909. The lowest BCUT2D eigenvalue weighted by Gasteiger charge is -2.08. The van der Waals surface area contributed by atoms with Crippen molar-refractivity contribution in [2.75, 3.05) is 0 Å². The van der Waals surface area contributed by atoms with Crippen LogP contribution in [0, 0.1) is 0 Å². The zero-order chi connectivity index (χ0) is 14.0. The van der Waals surface area contributed by atoms with E-state index in [1.807, 2.05) is 0 Å². The third kappa shape index (κ3) is 2.51. The molecule has 19 heavy (non-hydrogen) atoms. The van der Waals surface area contributed by atoms with Gasteiger partial charge >= 0.3 is 6.18 Å². The maximum atomic E-state index is 12.5. The van der Waals surface area contributed by atoms with Crippen molar-refractivity contribution in [3.63, 3.8) is 0 Å². The van der Waals surface area contributed by atoms with Crippen LogP contribution in [0.5, 0.6) is 0 Å². The molecule has 100 valence electrons. The number of aromatic nitrogens is 2. The van der Waals surface area contributed by atoms with E-state index in [0.717, 1.165) is 16.9 Å². The number of hydrogen-bond donors (Lipinski definition) is 2. The number of para-hydroxylation sites is 1. The number of alkyl halides is 3. The molecule has 0 aliphatic rings. The standard InChI is InChI=1S/C11H9F3N4O/c12-11(13,14)9-5-6-18(16-9)8-4-2-1-3-7(8)10(15)17-19/h1-6,19H,(H2,15,17). The molecule has 0 saturated carbocycles. The fourth-order valence-electron chi connectivity index (χ4n) is 1.55. The van der Waals surface area contributed by atoms with Gasteiger partial charge in [0.15, 0.2) is 11.5 Å². The smallest absolute Gasteiger partial charge is 0.409 e. The van der Waals surface area contributed by atoms with Crippen molar-refractivity contribution in [1.82, 2.24) is 9.78 Å². The molecule has 1 aromatic heterocycles. The molecule has 2 aromatic rings. The van der Waals surface area contributed by atoms with Crippen LogP contribution in [0.25, 0.3) is 5.69 Å². The Kier molecular flexibility index (Phi) is 3.16. The van der Waals surface area contributed by atoms with Gasteiger partial charge in [0.1, 0.15) is 0 Å². The number of amidine groups is 1. The average Bonchev–Trinajstić information content (AvgIpc) is 2.87. The van der Waals surface area contributed by atoms with Crippen molar-refractivity contribution in [3.05, 3.63) is 47.8 Å². The molecular formula is C11H9F3N4O. The van der Waals surface area contributed by atoms with Gasteiger partial charge in [0.05, 0.1) is 5.69 Å². The maximum absolute atomic E-state index is 12.5. The van der Waals surface area contributed by atoms with Crippen molar-refractivity contribution in [1.29, 1.82) is 0 Å². The Morgan fingerprint density at radius 3 is 2.53 bits per heavy atom. The van der Waals surface area contributed by atoms with E-state index in [2.05, 4.69) is 10.3 Å². The zero-order valence-electron chi connectivity index (χ0n) is 9.46. The van der Waals surface area contributed by atoms with Crippen LogP contribution in [0.4, 0.5) is 13.2 Å². The summed E-state index contributed by atoms with van der Waals surface area (Å²) in [6, 6.07) is 7.10. The highest BCUT2D eigenvalue weighted by Gasteiger charge is 2.33. The monoisotopic (exact) mass is 270 g/mol. The van der Waals surface area contributed by atoms with Crippen molar-refractivity contribution < 1.29 is 18.4 Å². The van der Waals surface area contributed by atoms with Crippen LogP contribution in [-0.2, 0) is 6.18 Å². The fourth-order valence-corrected chi connectivity index (χ4v) is 1.55. The van der Waals surface area contributed by atoms with Crippen LogP contribution in [-0.4, -0.2) is 20.8 Å². The third-order valence-electron chi connectivity index (χ3n) is 2.41. The Morgan fingerprint density at radius 1 is 1.26 bits per heavy atom. The van der Waals surface area contributed by atoms with Gasteiger partial charge in [-0.3, -0.25) is 0 Å². The predicted octanol–water partition coefficient (Wildman–Crippen LogP) is 1.99. The van der Waals surface area contributed by atoms with Crippen molar-refractivity contribution in [2.24, 2.45) is 10.9 Å². The zero-order valence-corrected chi connectivity index (χ0v) is 9.46. The molecule has 2 rings (SSSR count). The number of nitrogens with two attached hydrogens (primary N) is 1. The first-order valence-electron chi connectivity index (χ1n) is 5.13. The summed E-state index contributed by atoms with van der Waals surface area (Å²) in [6.07, 6.45) is -3.36. The molecule has 0 spiro atoms. The third-order valence-corrected chi connectivity index (χ3v) is 2.41. The quantitative estimate of drug-likeness (QED) is 0.379. The van der Waals surface area contributed by atoms with Gasteiger partial charge in [0, 0.05) is 11.8 Å². The molecular weight excluding hydrogens is 261 g/mol. The second kappa shape index (κ2) is 4.63. The molecule has 3 N–H and O–H groups in total. The van der Waals surface area contributed by atoms with Crippen LogP contribution in [0.15, 0.2) is 41.7 Å². The molecule has 0 atom stereocenters. The average molecular weight is 270 g/mol. The number of oxime groups is 1. The largest absolute Gasteiger partial charge is 0.435 e.